The number of anilines is 1. The summed E-state index contributed by atoms with van der Waals surface area (Å²) in [5, 5.41) is 13.6. The van der Waals surface area contributed by atoms with E-state index in [1.165, 1.54) is 0 Å². The molecular weight excluding hydrogens is 376 g/mol. The first-order valence-electron chi connectivity index (χ1n) is 10.1. The topological polar surface area (TPSA) is 67.4 Å². The van der Waals surface area contributed by atoms with E-state index in [9.17, 15) is 0 Å². The summed E-state index contributed by atoms with van der Waals surface area (Å²) in [6.07, 6.45) is 0. The average Bonchev–Trinajstić information content (AvgIpc) is 3.25. The predicted octanol–water partition coefficient (Wildman–Crippen LogP) is 4.52. The van der Waals surface area contributed by atoms with Crippen LogP contribution in [0.1, 0.15) is 5.56 Å². The van der Waals surface area contributed by atoms with Gasteiger partial charge in [0, 0.05) is 30.8 Å². The standard InChI is InChI=1S/C23H22N6O/c1-3-7-18(8-4-1)17-24-26-21-16-23(28-11-13-30-14-12-28)29-22(25-21)15-20(27-29)19-9-5-2-6-10-19/h1-10,15-16H,11-14,17H2. The third-order valence-corrected chi connectivity index (χ3v) is 5.07. The summed E-state index contributed by atoms with van der Waals surface area (Å²) in [5.74, 6) is 1.54. The fourth-order valence-electron chi connectivity index (χ4n) is 3.54. The summed E-state index contributed by atoms with van der Waals surface area (Å²) in [5.41, 5.74) is 3.82. The molecule has 0 aliphatic carbocycles. The van der Waals surface area contributed by atoms with Crippen LogP contribution in [0.2, 0.25) is 0 Å². The van der Waals surface area contributed by atoms with Gasteiger partial charge in [-0.2, -0.15) is 14.7 Å². The van der Waals surface area contributed by atoms with Crippen LogP contribution in [0, 0.1) is 0 Å². The third-order valence-electron chi connectivity index (χ3n) is 5.07. The van der Waals surface area contributed by atoms with Crippen LogP contribution >= 0.6 is 0 Å². The molecule has 7 heteroatoms. The van der Waals surface area contributed by atoms with Gasteiger partial charge in [0.25, 0.3) is 0 Å². The highest BCUT2D eigenvalue weighted by atomic mass is 16.5. The number of azo groups is 1. The minimum atomic E-state index is 0.523. The van der Waals surface area contributed by atoms with Crippen molar-refractivity contribution in [2.45, 2.75) is 6.54 Å². The molecule has 0 radical (unpaired) electrons. The number of hydrogen-bond acceptors (Lipinski definition) is 6. The first-order chi connectivity index (χ1) is 14.9. The lowest BCUT2D eigenvalue weighted by molar-refractivity contribution is 0.122. The van der Waals surface area contributed by atoms with Gasteiger partial charge in [0.2, 0.25) is 0 Å². The van der Waals surface area contributed by atoms with E-state index in [0.29, 0.717) is 25.6 Å². The largest absolute Gasteiger partial charge is 0.378 e. The maximum atomic E-state index is 5.52. The van der Waals surface area contributed by atoms with Gasteiger partial charge in [0.15, 0.2) is 11.5 Å². The molecule has 150 valence electrons. The number of benzene rings is 2. The molecule has 3 heterocycles. The molecule has 4 aromatic rings. The lowest BCUT2D eigenvalue weighted by Gasteiger charge is -2.28. The van der Waals surface area contributed by atoms with Crippen LogP contribution in [0.4, 0.5) is 11.6 Å². The highest BCUT2D eigenvalue weighted by molar-refractivity contribution is 5.67. The lowest BCUT2D eigenvalue weighted by atomic mass is 10.2. The summed E-state index contributed by atoms with van der Waals surface area (Å²) in [6.45, 7) is 3.53. The Kier molecular flexibility index (Phi) is 5.18. The molecule has 0 atom stereocenters. The van der Waals surface area contributed by atoms with Gasteiger partial charge in [-0.15, -0.1) is 5.11 Å². The second-order valence-electron chi connectivity index (χ2n) is 7.12. The summed E-state index contributed by atoms with van der Waals surface area (Å²) in [7, 11) is 0. The number of ether oxygens (including phenoxy) is 1. The first kappa shape index (κ1) is 18.4. The molecule has 1 aliphatic rings. The number of hydrogen-bond donors (Lipinski definition) is 0. The van der Waals surface area contributed by atoms with E-state index in [2.05, 4.69) is 27.3 Å². The van der Waals surface area contributed by atoms with E-state index in [1.54, 1.807) is 0 Å². The quantitative estimate of drug-likeness (QED) is 0.464. The molecule has 0 bridgehead atoms. The van der Waals surface area contributed by atoms with E-state index in [1.807, 2.05) is 65.2 Å². The smallest absolute Gasteiger partial charge is 0.179 e. The van der Waals surface area contributed by atoms with E-state index in [4.69, 9.17) is 14.8 Å². The maximum Gasteiger partial charge on any atom is 0.179 e. The first-order valence-corrected chi connectivity index (χ1v) is 10.1. The minimum Gasteiger partial charge on any atom is -0.378 e. The van der Waals surface area contributed by atoms with Gasteiger partial charge in [-0.3, -0.25) is 0 Å². The summed E-state index contributed by atoms with van der Waals surface area (Å²) < 4.78 is 7.42. The highest BCUT2D eigenvalue weighted by Crippen LogP contribution is 2.27. The number of morpholine rings is 1. The Morgan fingerprint density at radius 1 is 0.900 bits per heavy atom. The molecule has 0 spiro atoms. The van der Waals surface area contributed by atoms with Gasteiger partial charge in [-0.05, 0) is 5.56 Å². The lowest BCUT2D eigenvalue weighted by Crippen LogP contribution is -2.37. The van der Waals surface area contributed by atoms with Gasteiger partial charge < -0.3 is 9.64 Å². The van der Waals surface area contributed by atoms with Crippen molar-refractivity contribution in [1.82, 2.24) is 14.6 Å². The average molecular weight is 398 g/mol. The van der Waals surface area contributed by atoms with Gasteiger partial charge >= 0.3 is 0 Å². The Morgan fingerprint density at radius 2 is 1.63 bits per heavy atom. The molecule has 0 N–H and O–H groups in total. The van der Waals surface area contributed by atoms with Gasteiger partial charge in [-0.1, -0.05) is 60.7 Å². The van der Waals surface area contributed by atoms with E-state index in [-0.39, 0.29) is 0 Å². The Balaban J connectivity index is 1.52. The van der Waals surface area contributed by atoms with Gasteiger partial charge in [0.1, 0.15) is 5.82 Å². The summed E-state index contributed by atoms with van der Waals surface area (Å²) >= 11 is 0. The third kappa shape index (κ3) is 3.92. The van der Waals surface area contributed by atoms with Crippen LogP contribution in [-0.2, 0) is 11.3 Å². The zero-order valence-corrected chi connectivity index (χ0v) is 16.6. The Morgan fingerprint density at radius 3 is 2.40 bits per heavy atom. The van der Waals surface area contributed by atoms with E-state index >= 15 is 0 Å². The number of nitrogens with zero attached hydrogens (tertiary/aromatic N) is 6. The Labute approximate surface area is 174 Å². The van der Waals surface area contributed by atoms with Crippen molar-refractivity contribution < 1.29 is 4.74 Å². The zero-order valence-electron chi connectivity index (χ0n) is 16.6. The van der Waals surface area contributed by atoms with Crippen molar-refractivity contribution in [2.24, 2.45) is 10.2 Å². The van der Waals surface area contributed by atoms with E-state index < -0.39 is 0 Å². The SMILES string of the molecule is c1ccc(CN=Nc2cc(N3CCOCC3)n3nc(-c4ccccc4)cc3n2)cc1. The fourth-order valence-corrected chi connectivity index (χ4v) is 3.54. The molecule has 0 saturated carbocycles. The zero-order chi connectivity index (χ0) is 20.2. The molecule has 5 rings (SSSR count). The molecular formula is C23H22N6O. The van der Waals surface area contributed by atoms with Crippen LogP contribution < -0.4 is 4.90 Å². The molecule has 30 heavy (non-hydrogen) atoms. The minimum absolute atomic E-state index is 0.523. The second kappa shape index (κ2) is 8.42. The maximum absolute atomic E-state index is 5.52. The number of aromatic nitrogens is 3. The van der Waals surface area contributed by atoms with Crippen LogP contribution in [0.5, 0.6) is 0 Å². The Hall–Kier alpha value is -3.58. The van der Waals surface area contributed by atoms with Crippen LogP contribution in [-0.4, -0.2) is 40.9 Å². The molecule has 1 saturated heterocycles. The van der Waals surface area contributed by atoms with E-state index in [0.717, 1.165) is 41.4 Å². The molecule has 0 unspecified atom stereocenters. The van der Waals surface area contributed by atoms with Crippen molar-refractivity contribution in [1.29, 1.82) is 0 Å². The molecule has 1 aliphatic heterocycles. The number of rotatable bonds is 5. The molecule has 1 fully saturated rings. The predicted molar refractivity (Wildman–Crippen MR) is 116 cm³/mol. The van der Waals surface area contributed by atoms with Crippen molar-refractivity contribution in [3.05, 3.63) is 78.4 Å². The van der Waals surface area contributed by atoms with Crippen molar-refractivity contribution >= 4 is 17.3 Å². The van der Waals surface area contributed by atoms with Gasteiger partial charge in [-0.25, -0.2) is 4.98 Å². The molecule has 0 amide bonds. The molecule has 2 aromatic heterocycles. The van der Waals surface area contributed by atoms with Crippen molar-refractivity contribution in [3.8, 4) is 11.3 Å². The van der Waals surface area contributed by atoms with Crippen molar-refractivity contribution in [3.63, 3.8) is 0 Å². The summed E-state index contributed by atoms with van der Waals surface area (Å²) in [6, 6.07) is 24.2. The number of fused-ring (bicyclic) bond motifs is 1. The van der Waals surface area contributed by atoms with Crippen molar-refractivity contribution in [2.75, 3.05) is 31.2 Å². The van der Waals surface area contributed by atoms with Crippen LogP contribution in [0.25, 0.3) is 16.9 Å². The summed E-state index contributed by atoms with van der Waals surface area (Å²) in [4.78, 5) is 6.95. The second-order valence-corrected chi connectivity index (χ2v) is 7.12. The van der Waals surface area contributed by atoms with Crippen LogP contribution in [0.15, 0.2) is 83.0 Å². The molecule has 7 nitrogen and oxygen atoms in total. The van der Waals surface area contributed by atoms with Gasteiger partial charge in [0.05, 0.1) is 25.5 Å². The monoisotopic (exact) mass is 398 g/mol. The normalized spacial score (nSPS) is 14.6. The van der Waals surface area contributed by atoms with Crippen LogP contribution in [0.3, 0.4) is 0 Å². The highest BCUT2D eigenvalue weighted by Gasteiger charge is 2.18. The molecule has 2 aromatic carbocycles. The fraction of sp³-hybridized carbons (Fsp3) is 0.217. The Bertz CT molecular complexity index is 1150.